The summed E-state index contributed by atoms with van der Waals surface area (Å²) in [6, 6.07) is 12.7. The van der Waals surface area contributed by atoms with Crippen molar-refractivity contribution in [2.75, 3.05) is 7.11 Å². The number of nitrogens with one attached hydrogen (secondary N) is 1. The summed E-state index contributed by atoms with van der Waals surface area (Å²) in [6.45, 7) is 1.69. The number of amidine groups is 1. The van der Waals surface area contributed by atoms with Gasteiger partial charge in [0.2, 0.25) is 0 Å². The fourth-order valence-corrected chi connectivity index (χ4v) is 3.12. The van der Waals surface area contributed by atoms with E-state index in [1.54, 1.807) is 6.92 Å². The summed E-state index contributed by atoms with van der Waals surface area (Å²) < 4.78 is 4.89. The molecule has 8 heteroatoms. The number of carbonyl (C=O) groups is 1. The number of carbonyl (C=O) groups excluding carboxylic acids is 1. The second kappa shape index (κ2) is 7.59. The second-order valence-electron chi connectivity index (χ2n) is 5.86. The summed E-state index contributed by atoms with van der Waals surface area (Å²) in [7, 11) is 1.27. The Hall–Kier alpha value is -3.19. The van der Waals surface area contributed by atoms with Gasteiger partial charge in [0, 0.05) is 28.3 Å². The number of nitro benzene ring substituents is 1. The summed E-state index contributed by atoms with van der Waals surface area (Å²) in [5, 5.41) is 14.6. The summed E-state index contributed by atoms with van der Waals surface area (Å²) in [6.07, 6.45) is 0. The second-order valence-corrected chi connectivity index (χ2v) is 6.26. The zero-order chi connectivity index (χ0) is 19.6. The molecule has 1 aliphatic rings. The minimum absolute atomic E-state index is 0.123. The molecule has 138 valence electrons. The molecule has 0 spiro atoms. The molecule has 2 aromatic carbocycles. The number of methoxy groups -OCH3 is 1. The molecule has 2 aromatic rings. The van der Waals surface area contributed by atoms with E-state index in [1.807, 2.05) is 30.3 Å². The number of halogens is 1. The van der Waals surface area contributed by atoms with Gasteiger partial charge in [-0.05, 0) is 13.0 Å². The molecule has 0 radical (unpaired) electrons. The highest BCUT2D eigenvalue weighted by molar-refractivity contribution is 6.31. The Morgan fingerprint density at radius 3 is 2.59 bits per heavy atom. The van der Waals surface area contributed by atoms with Crippen molar-refractivity contribution in [3.8, 4) is 0 Å². The number of allylic oxidation sites excluding steroid dienone is 1. The Morgan fingerprint density at radius 2 is 1.96 bits per heavy atom. The minimum Gasteiger partial charge on any atom is -0.466 e. The number of nitro groups is 1. The maximum absolute atomic E-state index is 12.4. The minimum atomic E-state index is -0.738. The first-order valence-corrected chi connectivity index (χ1v) is 8.43. The third-order valence-electron chi connectivity index (χ3n) is 4.19. The zero-order valence-electron chi connectivity index (χ0n) is 14.6. The maximum Gasteiger partial charge on any atom is 0.338 e. The third-order valence-corrected chi connectivity index (χ3v) is 4.54. The topological polar surface area (TPSA) is 93.8 Å². The van der Waals surface area contributed by atoms with Gasteiger partial charge in [-0.1, -0.05) is 41.9 Å². The molecule has 0 fully saturated rings. The number of ether oxygens (including phenoxy) is 1. The lowest BCUT2D eigenvalue weighted by Gasteiger charge is -2.28. The van der Waals surface area contributed by atoms with E-state index >= 15 is 0 Å². The Balaban J connectivity index is 2.16. The van der Waals surface area contributed by atoms with Gasteiger partial charge in [-0.3, -0.25) is 10.1 Å². The van der Waals surface area contributed by atoms with Gasteiger partial charge in [-0.15, -0.1) is 0 Å². The molecule has 1 atom stereocenters. The fraction of sp³-hybridized carbons (Fsp3) is 0.158. The first-order valence-electron chi connectivity index (χ1n) is 8.06. The van der Waals surface area contributed by atoms with Crippen molar-refractivity contribution in [3.05, 3.63) is 86.1 Å². The van der Waals surface area contributed by atoms with Gasteiger partial charge in [0.25, 0.3) is 5.69 Å². The average Bonchev–Trinajstić information content (AvgIpc) is 2.67. The summed E-state index contributed by atoms with van der Waals surface area (Å²) in [5.74, 6) is -0.0447. The molecule has 0 amide bonds. The maximum atomic E-state index is 12.4. The van der Waals surface area contributed by atoms with Crippen LogP contribution in [0.5, 0.6) is 0 Å². The van der Waals surface area contributed by atoms with Crippen LogP contribution in [-0.4, -0.2) is 23.8 Å². The van der Waals surface area contributed by atoms with Crippen molar-refractivity contribution in [2.24, 2.45) is 4.99 Å². The van der Waals surface area contributed by atoms with Crippen LogP contribution in [0.4, 0.5) is 5.69 Å². The van der Waals surface area contributed by atoms with Crippen molar-refractivity contribution >= 4 is 29.1 Å². The van der Waals surface area contributed by atoms with Crippen LogP contribution in [0, 0.1) is 10.1 Å². The van der Waals surface area contributed by atoms with Crippen LogP contribution >= 0.6 is 11.6 Å². The van der Waals surface area contributed by atoms with Gasteiger partial charge in [0.1, 0.15) is 5.84 Å². The van der Waals surface area contributed by atoms with Gasteiger partial charge in [-0.2, -0.15) is 0 Å². The zero-order valence-corrected chi connectivity index (χ0v) is 15.4. The van der Waals surface area contributed by atoms with Crippen molar-refractivity contribution in [1.29, 1.82) is 0 Å². The van der Waals surface area contributed by atoms with Gasteiger partial charge < -0.3 is 10.1 Å². The van der Waals surface area contributed by atoms with Crippen LogP contribution in [-0.2, 0) is 9.53 Å². The van der Waals surface area contributed by atoms with Crippen molar-refractivity contribution in [3.63, 3.8) is 0 Å². The van der Waals surface area contributed by atoms with E-state index in [2.05, 4.69) is 10.3 Å². The Morgan fingerprint density at radius 1 is 1.26 bits per heavy atom. The van der Waals surface area contributed by atoms with E-state index in [0.717, 1.165) is 5.56 Å². The van der Waals surface area contributed by atoms with Crippen molar-refractivity contribution in [2.45, 2.75) is 13.0 Å². The monoisotopic (exact) mass is 385 g/mol. The van der Waals surface area contributed by atoms with Crippen LogP contribution in [0.15, 0.2) is 64.8 Å². The summed E-state index contributed by atoms with van der Waals surface area (Å²) in [4.78, 5) is 27.5. The van der Waals surface area contributed by atoms with Gasteiger partial charge in [0.15, 0.2) is 0 Å². The largest absolute Gasteiger partial charge is 0.466 e. The molecule has 0 aliphatic carbocycles. The number of nitrogens with zero attached hydrogens (tertiary/aromatic N) is 2. The molecule has 0 saturated carbocycles. The first-order chi connectivity index (χ1) is 12.9. The van der Waals surface area contributed by atoms with E-state index in [1.165, 1.54) is 25.3 Å². The Kier molecular flexibility index (Phi) is 5.23. The molecule has 3 rings (SSSR count). The number of esters is 1. The Labute approximate surface area is 160 Å². The van der Waals surface area contributed by atoms with Crippen LogP contribution in [0.25, 0.3) is 0 Å². The number of hydrogen-bond donors (Lipinski definition) is 1. The fourth-order valence-electron chi connectivity index (χ4n) is 2.90. The lowest BCUT2D eigenvalue weighted by atomic mass is 9.94. The molecule has 0 bridgehead atoms. The summed E-state index contributed by atoms with van der Waals surface area (Å²) >= 11 is 6.31. The first kappa shape index (κ1) is 18.6. The smallest absolute Gasteiger partial charge is 0.338 e. The van der Waals surface area contributed by atoms with E-state index in [4.69, 9.17) is 16.3 Å². The quantitative estimate of drug-likeness (QED) is 0.491. The average molecular weight is 386 g/mol. The van der Waals surface area contributed by atoms with Crippen LogP contribution < -0.4 is 5.32 Å². The van der Waals surface area contributed by atoms with Gasteiger partial charge >= 0.3 is 5.97 Å². The van der Waals surface area contributed by atoms with Crippen LogP contribution in [0.1, 0.15) is 24.1 Å². The van der Waals surface area contributed by atoms with E-state index in [0.29, 0.717) is 22.1 Å². The number of hydrogen-bond acceptors (Lipinski definition) is 6. The molecule has 0 aromatic heterocycles. The number of aliphatic imine (C=N–C) groups is 1. The van der Waals surface area contributed by atoms with Gasteiger partial charge in [0.05, 0.1) is 29.3 Å². The van der Waals surface area contributed by atoms with E-state index in [-0.39, 0.29) is 11.3 Å². The molecule has 1 unspecified atom stereocenters. The standard InChI is InChI=1S/C19H16ClN3O4/c1-11-16(19(24)27-2)17(14-10-13(23(25)26)8-9-15(14)20)22-18(21-11)12-6-4-3-5-7-12/h3-10,17H,1-2H3,(H,21,22). The lowest BCUT2D eigenvalue weighted by Crippen LogP contribution is -2.36. The number of non-ortho nitro benzene ring substituents is 1. The third kappa shape index (κ3) is 3.68. The van der Waals surface area contributed by atoms with Crippen molar-refractivity contribution < 1.29 is 14.5 Å². The van der Waals surface area contributed by atoms with Crippen LogP contribution in [0.3, 0.4) is 0 Å². The molecule has 27 heavy (non-hydrogen) atoms. The molecular formula is C19H16ClN3O4. The van der Waals surface area contributed by atoms with E-state index < -0.39 is 16.9 Å². The molecular weight excluding hydrogens is 370 g/mol. The van der Waals surface area contributed by atoms with Crippen LogP contribution in [0.2, 0.25) is 5.02 Å². The highest BCUT2D eigenvalue weighted by Crippen LogP contribution is 2.35. The summed E-state index contributed by atoms with van der Waals surface area (Å²) in [5.41, 5.74) is 1.79. The molecule has 7 nitrogen and oxygen atoms in total. The lowest BCUT2D eigenvalue weighted by molar-refractivity contribution is -0.384. The molecule has 1 N–H and O–H groups in total. The number of rotatable bonds is 4. The molecule has 1 aliphatic heterocycles. The molecule has 1 heterocycles. The predicted molar refractivity (Wildman–Crippen MR) is 102 cm³/mol. The Bertz CT molecular complexity index is 970. The highest BCUT2D eigenvalue weighted by atomic mass is 35.5. The van der Waals surface area contributed by atoms with Gasteiger partial charge in [-0.25, -0.2) is 9.79 Å². The SMILES string of the molecule is COC(=O)C1=C(C)N=C(c2ccccc2)NC1c1cc([N+](=O)[O-])ccc1Cl. The number of benzene rings is 2. The predicted octanol–water partition coefficient (Wildman–Crippen LogP) is 3.79. The highest BCUT2D eigenvalue weighted by Gasteiger charge is 2.32. The van der Waals surface area contributed by atoms with E-state index in [9.17, 15) is 14.9 Å². The molecule has 0 saturated heterocycles. The van der Waals surface area contributed by atoms with Crippen molar-refractivity contribution in [1.82, 2.24) is 5.32 Å². The normalized spacial score (nSPS) is 16.4.